The average Bonchev–Trinajstić information content (AvgIpc) is 2.20. The lowest BCUT2D eigenvalue weighted by Gasteiger charge is -2.09. The number of rotatable bonds is 5. The summed E-state index contributed by atoms with van der Waals surface area (Å²) in [4.78, 5) is 0. The fourth-order valence-electron chi connectivity index (χ4n) is 1.52. The predicted octanol–water partition coefficient (Wildman–Crippen LogP) is 3.36. The maximum Gasteiger partial charge on any atom is 0.0141 e. The van der Waals surface area contributed by atoms with Gasteiger partial charge in [-0.15, -0.1) is 0 Å². The quantitative estimate of drug-likeness (QED) is 0.773. The highest BCUT2D eigenvalue weighted by atomic mass is 14.9. The fraction of sp³-hybridized carbons (Fsp3) is 0.429. The van der Waals surface area contributed by atoms with Crippen molar-refractivity contribution >= 4 is 0 Å². The molecule has 1 nitrogen and oxygen atoms in total. The van der Waals surface area contributed by atoms with Crippen LogP contribution in [0, 0.1) is 13.8 Å². The van der Waals surface area contributed by atoms with E-state index in [1.54, 1.807) is 0 Å². The SMILES string of the molecule is C=C(Cc1ccc(C)c(C)c1)NCCC. The zero-order valence-corrected chi connectivity index (χ0v) is 10.1. The molecule has 0 saturated heterocycles. The van der Waals surface area contributed by atoms with E-state index in [1.807, 2.05) is 0 Å². The van der Waals surface area contributed by atoms with Gasteiger partial charge in [-0.1, -0.05) is 31.7 Å². The molecule has 1 aromatic carbocycles. The summed E-state index contributed by atoms with van der Waals surface area (Å²) >= 11 is 0. The van der Waals surface area contributed by atoms with Crippen LogP contribution in [0.25, 0.3) is 0 Å². The largest absolute Gasteiger partial charge is 0.389 e. The molecule has 0 radical (unpaired) electrons. The summed E-state index contributed by atoms with van der Waals surface area (Å²) < 4.78 is 0. The van der Waals surface area contributed by atoms with Crippen LogP contribution in [0.15, 0.2) is 30.5 Å². The van der Waals surface area contributed by atoms with E-state index < -0.39 is 0 Å². The first-order valence-electron chi connectivity index (χ1n) is 5.61. The highest BCUT2D eigenvalue weighted by Gasteiger charge is 1.98. The molecule has 0 atom stereocenters. The lowest BCUT2D eigenvalue weighted by molar-refractivity contribution is 0.752. The van der Waals surface area contributed by atoms with Crippen LogP contribution in [0.5, 0.6) is 0 Å². The van der Waals surface area contributed by atoms with Crippen molar-refractivity contribution in [2.45, 2.75) is 33.6 Å². The van der Waals surface area contributed by atoms with Gasteiger partial charge in [0, 0.05) is 18.7 Å². The van der Waals surface area contributed by atoms with Crippen molar-refractivity contribution < 1.29 is 0 Å². The Kier molecular flexibility index (Phi) is 4.41. The van der Waals surface area contributed by atoms with Gasteiger partial charge in [-0.25, -0.2) is 0 Å². The molecule has 0 amide bonds. The Morgan fingerprint density at radius 3 is 2.60 bits per heavy atom. The molecule has 0 aromatic heterocycles. The van der Waals surface area contributed by atoms with Crippen LogP contribution < -0.4 is 5.32 Å². The zero-order chi connectivity index (χ0) is 11.3. The van der Waals surface area contributed by atoms with E-state index in [-0.39, 0.29) is 0 Å². The summed E-state index contributed by atoms with van der Waals surface area (Å²) in [5.41, 5.74) is 5.16. The van der Waals surface area contributed by atoms with Gasteiger partial charge in [0.15, 0.2) is 0 Å². The van der Waals surface area contributed by atoms with Crippen molar-refractivity contribution in [1.82, 2.24) is 5.32 Å². The molecule has 0 aliphatic heterocycles. The van der Waals surface area contributed by atoms with Crippen LogP contribution in [0.4, 0.5) is 0 Å². The van der Waals surface area contributed by atoms with Crippen LogP contribution >= 0.6 is 0 Å². The predicted molar refractivity (Wildman–Crippen MR) is 67.1 cm³/mol. The van der Waals surface area contributed by atoms with E-state index in [9.17, 15) is 0 Å². The van der Waals surface area contributed by atoms with Crippen molar-refractivity contribution in [3.63, 3.8) is 0 Å². The lowest BCUT2D eigenvalue weighted by atomic mass is 10.0. The van der Waals surface area contributed by atoms with E-state index >= 15 is 0 Å². The van der Waals surface area contributed by atoms with Gasteiger partial charge in [0.05, 0.1) is 0 Å². The Bertz CT molecular complexity index is 339. The second-order valence-electron chi connectivity index (χ2n) is 4.13. The maximum atomic E-state index is 4.03. The van der Waals surface area contributed by atoms with Crippen LogP contribution in [0.3, 0.4) is 0 Å². The highest BCUT2D eigenvalue weighted by molar-refractivity contribution is 5.31. The molecule has 1 heteroatoms. The van der Waals surface area contributed by atoms with Crippen LogP contribution in [0.2, 0.25) is 0 Å². The molecule has 0 unspecified atom stereocenters. The maximum absolute atomic E-state index is 4.03. The molecule has 0 fully saturated rings. The lowest BCUT2D eigenvalue weighted by Crippen LogP contribution is -2.14. The molecule has 0 bridgehead atoms. The Morgan fingerprint density at radius 2 is 2.00 bits per heavy atom. The smallest absolute Gasteiger partial charge is 0.0141 e. The molecule has 82 valence electrons. The second kappa shape index (κ2) is 5.59. The van der Waals surface area contributed by atoms with Gasteiger partial charge in [-0.3, -0.25) is 0 Å². The van der Waals surface area contributed by atoms with Crippen molar-refractivity contribution in [3.8, 4) is 0 Å². The molecule has 1 aromatic rings. The molecule has 0 spiro atoms. The number of aryl methyl sites for hydroxylation is 2. The zero-order valence-electron chi connectivity index (χ0n) is 10.1. The van der Waals surface area contributed by atoms with Gasteiger partial charge in [-0.2, -0.15) is 0 Å². The van der Waals surface area contributed by atoms with Gasteiger partial charge in [0.1, 0.15) is 0 Å². The van der Waals surface area contributed by atoms with Crippen molar-refractivity contribution in [3.05, 3.63) is 47.2 Å². The second-order valence-corrected chi connectivity index (χ2v) is 4.13. The van der Waals surface area contributed by atoms with Crippen molar-refractivity contribution in [2.75, 3.05) is 6.54 Å². The molecule has 0 saturated carbocycles. The van der Waals surface area contributed by atoms with Gasteiger partial charge < -0.3 is 5.32 Å². The van der Waals surface area contributed by atoms with Crippen molar-refractivity contribution in [1.29, 1.82) is 0 Å². The Balaban J connectivity index is 2.57. The van der Waals surface area contributed by atoms with Gasteiger partial charge in [0.25, 0.3) is 0 Å². The standard InChI is InChI=1S/C14H21N/c1-5-8-15-13(4)10-14-7-6-11(2)12(3)9-14/h6-7,9,15H,4-5,8,10H2,1-3H3. The topological polar surface area (TPSA) is 12.0 Å². The highest BCUT2D eigenvalue weighted by Crippen LogP contribution is 2.12. The van der Waals surface area contributed by atoms with Crippen LogP contribution in [0.1, 0.15) is 30.0 Å². The minimum Gasteiger partial charge on any atom is -0.389 e. The van der Waals surface area contributed by atoms with Crippen LogP contribution in [-0.4, -0.2) is 6.54 Å². The first-order valence-corrected chi connectivity index (χ1v) is 5.61. The molecule has 0 aliphatic rings. The van der Waals surface area contributed by atoms with E-state index in [0.29, 0.717) is 0 Å². The van der Waals surface area contributed by atoms with Crippen molar-refractivity contribution in [2.24, 2.45) is 0 Å². The molecule has 1 rings (SSSR count). The first kappa shape index (κ1) is 11.8. The average molecular weight is 203 g/mol. The normalized spacial score (nSPS) is 10.1. The molecule has 1 N–H and O–H groups in total. The van der Waals surface area contributed by atoms with E-state index in [2.05, 4.69) is 50.9 Å². The van der Waals surface area contributed by atoms with E-state index in [0.717, 1.165) is 25.1 Å². The number of nitrogens with one attached hydrogen (secondary N) is 1. The van der Waals surface area contributed by atoms with Gasteiger partial charge >= 0.3 is 0 Å². The summed E-state index contributed by atoms with van der Waals surface area (Å²) in [5, 5.41) is 3.32. The third-order valence-electron chi connectivity index (χ3n) is 2.61. The molecular formula is C14H21N. The number of hydrogen-bond donors (Lipinski definition) is 1. The summed E-state index contributed by atoms with van der Waals surface area (Å²) in [7, 11) is 0. The third-order valence-corrected chi connectivity index (χ3v) is 2.61. The van der Waals surface area contributed by atoms with Gasteiger partial charge in [0.2, 0.25) is 0 Å². The minimum atomic E-state index is 0.932. The summed E-state index contributed by atoms with van der Waals surface area (Å²) in [6, 6.07) is 6.60. The third kappa shape index (κ3) is 3.78. The number of hydrogen-bond acceptors (Lipinski definition) is 1. The molecule has 0 aliphatic carbocycles. The Hall–Kier alpha value is -1.24. The summed E-state index contributed by atoms with van der Waals surface area (Å²) in [6.45, 7) is 11.5. The summed E-state index contributed by atoms with van der Waals surface area (Å²) in [5.74, 6) is 0. The van der Waals surface area contributed by atoms with E-state index in [1.165, 1.54) is 16.7 Å². The van der Waals surface area contributed by atoms with Crippen LogP contribution in [-0.2, 0) is 6.42 Å². The minimum absolute atomic E-state index is 0.932. The Morgan fingerprint density at radius 1 is 1.27 bits per heavy atom. The van der Waals surface area contributed by atoms with E-state index in [4.69, 9.17) is 0 Å². The first-order chi connectivity index (χ1) is 7.13. The fourth-order valence-corrected chi connectivity index (χ4v) is 1.52. The molecule has 15 heavy (non-hydrogen) atoms. The summed E-state index contributed by atoms with van der Waals surface area (Å²) in [6.07, 6.45) is 2.08. The number of allylic oxidation sites excluding steroid dienone is 1. The Labute approximate surface area is 93.2 Å². The number of benzene rings is 1. The molecule has 0 heterocycles. The van der Waals surface area contributed by atoms with Gasteiger partial charge in [-0.05, 0) is 37.0 Å². The molecular weight excluding hydrogens is 182 g/mol. The monoisotopic (exact) mass is 203 g/mol.